The van der Waals surface area contributed by atoms with Crippen LogP contribution in [0.1, 0.15) is 0 Å². The second-order valence-electron chi connectivity index (χ2n) is 2.97. The first-order chi connectivity index (χ1) is 8.11. The highest BCUT2D eigenvalue weighted by Gasteiger charge is 1.99. The molecule has 0 radical (unpaired) electrons. The van der Waals surface area contributed by atoms with Crippen molar-refractivity contribution in [3.8, 4) is 5.75 Å². The third-order valence-corrected chi connectivity index (χ3v) is 1.72. The van der Waals surface area contributed by atoms with Gasteiger partial charge in [-0.05, 0) is 24.3 Å². The highest BCUT2D eigenvalue weighted by atomic mass is 16.5. The number of carboxylic acid groups (broad SMARTS) is 1. The average Bonchev–Trinajstić information content (AvgIpc) is 2.29. The van der Waals surface area contributed by atoms with Gasteiger partial charge in [-0.25, -0.2) is 4.79 Å². The van der Waals surface area contributed by atoms with Crippen molar-refractivity contribution in [3.63, 3.8) is 0 Å². The van der Waals surface area contributed by atoms with Crippen molar-refractivity contribution < 1.29 is 19.4 Å². The molecule has 0 aliphatic carbocycles. The first kappa shape index (κ1) is 12.5. The molecule has 0 unspecified atom stereocenters. The van der Waals surface area contributed by atoms with E-state index in [9.17, 15) is 9.59 Å². The summed E-state index contributed by atoms with van der Waals surface area (Å²) in [4.78, 5) is 21.4. The topological polar surface area (TPSA) is 75.6 Å². The van der Waals surface area contributed by atoms with Crippen molar-refractivity contribution in [1.29, 1.82) is 0 Å². The van der Waals surface area contributed by atoms with Crippen molar-refractivity contribution >= 4 is 17.6 Å². The molecule has 0 bridgehead atoms. The highest BCUT2D eigenvalue weighted by molar-refractivity contribution is 6.02. The Hall–Kier alpha value is -2.56. The summed E-state index contributed by atoms with van der Waals surface area (Å²) in [7, 11) is 0. The molecular weight excluding hydrogens is 222 g/mol. The number of carbonyl (C=O) groups excluding carboxylic acids is 1. The molecule has 17 heavy (non-hydrogen) atoms. The van der Waals surface area contributed by atoms with Gasteiger partial charge in [0.1, 0.15) is 5.75 Å². The number of carbonyl (C=O) groups is 2. The summed E-state index contributed by atoms with van der Waals surface area (Å²) in [6.07, 6.45) is 3.00. The number of anilines is 1. The SMILES string of the molecule is C=COc1ccc(NC(=O)/C=C\C(=O)O)cc1. The quantitative estimate of drug-likeness (QED) is 0.600. The Morgan fingerprint density at radius 2 is 1.88 bits per heavy atom. The molecule has 2 N–H and O–H groups in total. The second-order valence-corrected chi connectivity index (χ2v) is 2.97. The normalized spacial score (nSPS) is 9.88. The maximum Gasteiger partial charge on any atom is 0.328 e. The lowest BCUT2D eigenvalue weighted by atomic mass is 10.3. The summed E-state index contributed by atoms with van der Waals surface area (Å²) < 4.78 is 5.00. The van der Waals surface area contributed by atoms with Gasteiger partial charge >= 0.3 is 5.97 Å². The molecular formula is C12H11NO4. The largest absolute Gasteiger partial charge is 0.478 e. The summed E-state index contributed by atoms with van der Waals surface area (Å²) in [6.45, 7) is 3.41. The predicted molar refractivity (Wildman–Crippen MR) is 62.7 cm³/mol. The Kier molecular flexibility index (Phi) is 4.50. The fourth-order valence-corrected chi connectivity index (χ4v) is 1.04. The Bertz CT molecular complexity index is 448. The zero-order chi connectivity index (χ0) is 12.7. The van der Waals surface area contributed by atoms with Crippen LogP contribution in [-0.2, 0) is 9.59 Å². The first-order valence-corrected chi connectivity index (χ1v) is 4.71. The van der Waals surface area contributed by atoms with E-state index in [1.807, 2.05) is 0 Å². The van der Waals surface area contributed by atoms with E-state index in [0.717, 1.165) is 12.2 Å². The average molecular weight is 233 g/mol. The summed E-state index contributed by atoms with van der Waals surface area (Å²) in [5, 5.41) is 10.8. The molecule has 0 aromatic heterocycles. The van der Waals surface area contributed by atoms with Crippen molar-refractivity contribution in [3.05, 3.63) is 49.3 Å². The molecule has 1 amide bonds. The number of benzene rings is 1. The van der Waals surface area contributed by atoms with E-state index in [1.165, 1.54) is 6.26 Å². The summed E-state index contributed by atoms with van der Waals surface area (Å²) >= 11 is 0. The van der Waals surface area contributed by atoms with Crippen LogP contribution in [-0.4, -0.2) is 17.0 Å². The van der Waals surface area contributed by atoms with Gasteiger partial charge in [-0.1, -0.05) is 6.58 Å². The predicted octanol–water partition coefficient (Wildman–Crippen LogP) is 1.79. The first-order valence-electron chi connectivity index (χ1n) is 4.71. The Morgan fingerprint density at radius 1 is 1.24 bits per heavy atom. The Labute approximate surface area is 98.0 Å². The van der Waals surface area contributed by atoms with Crippen LogP contribution in [0, 0.1) is 0 Å². The lowest BCUT2D eigenvalue weighted by molar-refractivity contribution is -0.131. The Morgan fingerprint density at radius 3 is 2.41 bits per heavy atom. The zero-order valence-corrected chi connectivity index (χ0v) is 8.92. The zero-order valence-electron chi connectivity index (χ0n) is 8.92. The van der Waals surface area contributed by atoms with Crippen LogP contribution < -0.4 is 10.1 Å². The van der Waals surface area contributed by atoms with Crippen LogP contribution in [0.15, 0.2) is 49.3 Å². The third-order valence-electron chi connectivity index (χ3n) is 1.72. The monoisotopic (exact) mass is 233 g/mol. The van der Waals surface area contributed by atoms with E-state index >= 15 is 0 Å². The van der Waals surface area contributed by atoms with Crippen molar-refractivity contribution in [2.45, 2.75) is 0 Å². The minimum absolute atomic E-state index is 0.509. The lowest BCUT2D eigenvalue weighted by Gasteiger charge is -2.03. The van der Waals surface area contributed by atoms with Gasteiger partial charge in [0.05, 0.1) is 6.26 Å². The molecule has 0 spiro atoms. The molecule has 1 rings (SSSR count). The standard InChI is InChI=1S/C12H11NO4/c1-2-17-10-5-3-9(4-6-10)13-11(14)7-8-12(15)16/h2-8H,1H2,(H,13,14)(H,15,16)/b8-7-. The number of hydrogen-bond acceptors (Lipinski definition) is 3. The van der Waals surface area contributed by atoms with E-state index in [1.54, 1.807) is 24.3 Å². The lowest BCUT2D eigenvalue weighted by Crippen LogP contribution is -2.08. The number of carboxylic acids is 1. The Balaban J connectivity index is 2.60. The molecule has 0 atom stereocenters. The van der Waals surface area contributed by atoms with Gasteiger partial charge in [0.2, 0.25) is 5.91 Å². The van der Waals surface area contributed by atoms with Crippen LogP contribution in [0.5, 0.6) is 5.75 Å². The molecule has 1 aromatic rings. The van der Waals surface area contributed by atoms with E-state index in [4.69, 9.17) is 9.84 Å². The van der Waals surface area contributed by atoms with Crippen molar-refractivity contribution in [1.82, 2.24) is 0 Å². The molecule has 0 heterocycles. The molecule has 88 valence electrons. The minimum Gasteiger partial charge on any atom is -0.478 e. The third kappa shape index (κ3) is 4.65. The van der Waals surface area contributed by atoms with Gasteiger partial charge in [0, 0.05) is 17.8 Å². The summed E-state index contributed by atoms with van der Waals surface area (Å²) in [5.74, 6) is -1.08. The molecule has 5 nitrogen and oxygen atoms in total. The molecule has 1 aromatic carbocycles. The summed E-state index contributed by atoms with van der Waals surface area (Å²) in [6, 6.07) is 6.56. The highest BCUT2D eigenvalue weighted by Crippen LogP contribution is 2.15. The number of rotatable bonds is 5. The van der Waals surface area contributed by atoms with E-state index < -0.39 is 11.9 Å². The van der Waals surface area contributed by atoms with Crippen molar-refractivity contribution in [2.24, 2.45) is 0 Å². The van der Waals surface area contributed by atoms with Crippen LogP contribution in [0.3, 0.4) is 0 Å². The fourth-order valence-electron chi connectivity index (χ4n) is 1.04. The molecule has 0 fully saturated rings. The van der Waals surface area contributed by atoms with Gasteiger partial charge in [-0.3, -0.25) is 4.79 Å². The van der Waals surface area contributed by atoms with Crippen molar-refractivity contribution in [2.75, 3.05) is 5.32 Å². The van der Waals surface area contributed by atoms with E-state index in [0.29, 0.717) is 11.4 Å². The summed E-state index contributed by atoms with van der Waals surface area (Å²) in [5.41, 5.74) is 0.543. The maximum absolute atomic E-state index is 11.2. The molecule has 0 aliphatic heterocycles. The van der Waals surface area contributed by atoms with E-state index in [2.05, 4.69) is 11.9 Å². The van der Waals surface area contributed by atoms with Gasteiger partial charge < -0.3 is 15.2 Å². The van der Waals surface area contributed by atoms with Crippen LogP contribution in [0.25, 0.3) is 0 Å². The smallest absolute Gasteiger partial charge is 0.328 e. The number of hydrogen-bond donors (Lipinski definition) is 2. The number of aliphatic carboxylic acids is 1. The van der Waals surface area contributed by atoms with Gasteiger partial charge in [-0.2, -0.15) is 0 Å². The minimum atomic E-state index is -1.17. The molecule has 5 heteroatoms. The number of ether oxygens (including phenoxy) is 1. The molecule has 0 aliphatic rings. The van der Waals surface area contributed by atoms with E-state index in [-0.39, 0.29) is 0 Å². The van der Waals surface area contributed by atoms with Gasteiger partial charge in [-0.15, -0.1) is 0 Å². The van der Waals surface area contributed by atoms with Crippen LogP contribution in [0.4, 0.5) is 5.69 Å². The molecule has 0 saturated carbocycles. The second kappa shape index (κ2) is 6.12. The fraction of sp³-hybridized carbons (Fsp3) is 0. The maximum atomic E-state index is 11.2. The van der Waals surface area contributed by atoms with Crippen LogP contribution >= 0.6 is 0 Å². The number of nitrogens with one attached hydrogen (secondary N) is 1. The van der Waals surface area contributed by atoms with Gasteiger partial charge in [0.15, 0.2) is 0 Å². The number of amides is 1. The molecule has 0 saturated heterocycles. The van der Waals surface area contributed by atoms with Gasteiger partial charge in [0.25, 0.3) is 0 Å². The van der Waals surface area contributed by atoms with Crippen LogP contribution in [0.2, 0.25) is 0 Å².